The second-order valence-electron chi connectivity index (χ2n) is 6.53. The highest BCUT2D eigenvalue weighted by Gasteiger charge is 2.14. The maximum absolute atomic E-state index is 12.2. The summed E-state index contributed by atoms with van der Waals surface area (Å²) in [6.07, 6.45) is 5.19. The molecule has 0 unspecified atom stereocenters. The number of aromatic nitrogens is 2. The van der Waals surface area contributed by atoms with E-state index in [1.54, 1.807) is 30.7 Å². The highest BCUT2D eigenvalue weighted by molar-refractivity contribution is 7.89. The van der Waals surface area contributed by atoms with E-state index < -0.39 is 10.0 Å². The normalized spacial score (nSPS) is 11.2. The first-order chi connectivity index (χ1) is 13.9. The summed E-state index contributed by atoms with van der Waals surface area (Å²) in [6, 6.07) is 14.1. The Kier molecular flexibility index (Phi) is 6.69. The molecule has 0 fully saturated rings. The first-order valence-electron chi connectivity index (χ1n) is 9.12. The molecule has 8 heteroatoms. The fourth-order valence-corrected chi connectivity index (χ4v) is 3.80. The van der Waals surface area contributed by atoms with E-state index in [-0.39, 0.29) is 23.8 Å². The van der Waals surface area contributed by atoms with Gasteiger partial charge in [-0.25, -0.2) is 13.1 Å². The van der Waals surface area contributed by atoms with Crippen molar-refractivity contribution in [3.63, 3.8) is 0 Å². The molecule has 0 aliphatic heterocycles. The van der Waals surface area contributed by atoms with Crippen molar-refractivity contribution in [2.24, 2.45) is 0 Å². The van der Waals surface area contributed by atoms with E-state index >= 15 is 0 Å². The van der Waals surface area contributed by atoms with Gasteiger partial charge < -0.3 is 5.32 Å². The third-order valence-corrected chi connectivity index (χ3v) is 5.67. The molecule has 0 saturated carbocycles. The number of carbonyl (C=O) groups excluding carboxylic acids is 1. The second-order valence-corrected chi connectivity index (χ2v) is 8.30. The van der Waals surface area contributed by atoms with E-state index in [4.69, 9.17) is 0 Å². The van der Waals surface area contributed by atoms with E-state index in [1.807, 2.05) is 37.3 Å². The van der Waals surface area contributed by atoms with Crippen molar-refractivity contribution in [1.82, 2.24) is 20.0 Å². The highest BCUT2D eigenvalue weighted by Crippen LogP contribution is 2.15. The topological polar surface area (TPSA) is 101 Å². The minimum atomic E-state index is -3.62. The summed E-state index contributed by atoms with van der Waals surface area (Å²) in [7, 11) is -3.62. The third kappa shape index (κ3) is 5.94. The van der Waals surface area contributed by atoms with Crippen molar-refractivity contribution >= 4 is 15.9 Å². The second kappa shape index (κ2) is 9.40. The van der Waals surface area contributed by atoms with Crippen LogP contribution in [0.2, 0.25) is 0 Å². The lowest BCUT2D eigenvalue weighted by Gasteiger charge is -2.08. The Hall–Kier alpha value is -3.10. The molecule has 1 aromatic carbocycles. The molecule has 1 amide bonds. The van der Waals surface area contributed by atoms with Crippen LogP contribution in [0.25, 0.3) is 11.3 Å². The summed E-state index contributed by atoms with van der Waals surface area (Å²) < 4.78 is 26.9. The number of hydrogen-bond donors (Lipinski definition) is 2. The van der Waals surface area contributed by atoms with Crippen LogP contribution in [-0.2, 0) is 21.4 Å². The van der Waals surface area contributed by atoms with Crippen LogP contribution in [0.15, 0.2) is 72.0 Å². The van der Waals surface area contributed by atoms with Crippen LogP contribution >= 0.6 is 0 Å². The van der Waals surface area contributed by atoms with Gasteiger partial charge in [0, 0.05) is 43.7 Å². The number of nitrogens with one attached hydrogen (secondary N) is 2. The van der Waals surface area contributed by atoms with Gasteiger partial charge in [0.15, 0.2) is 0 Å². The fourth-order valence-electron chi connectivity index (χ4n) is 2.67. The zero-order valence-electron chi connectivity index (χ0n) is 16.0. The molecule has 0 saturated heterocycles. The number of sulfonamides is 1. The molecular weight excluding hydrogens is 388 g/mol. The van der Waals surface area contributed by atoms with Crippen LogP contribution in [0.4, 0.5) is 0 Å². The number of carbonyl (C=O) groups is 1. The molecule has 0 radical (unpaired) electrons. The van der Waals surface area contributed by atoms with Crippen LogP contribution in [0.1, 0.15) is 17.5 Å². The predicted molar refractivity (Wildman–Crippen MR) is 110 cm³/mol. The van der Waals surface area contributed by atoms with Gasteiger partial charge in [0.1, 0.15) is 0 Å². The molecule has 2 aromatic heterocycles. The SMILES string of the molecule is Cc1cccc(S(=O)(=O)NCCC(=O)NCc2ccc(-c3cccnc3)nc2)c1. The molecule has 0 atom stereocenters. The average molecular weight is 410 g/mol. The standard InChI is InChI=1S/C21H22N4O3S/c1-16-4-2-6-19(12-16)29(27,28)25-11-9-21(26)24-14-17-7-8-20(23-13-17)18-5-3-10-22-15-18/h2-8,10,12-13,15,25H,9,11,14H2,1H3,(H,24,26). The Morgan fingerprint density at radius 3 is 2.62 bits per heavy atom. The maximum Gasteiger partial charge on any atom is 0.240 e. The number of rotatable bonds is 8. The van der Waals surface area contributed by atoms with Gasteiger partial charge in [-0.3, -0.25) is 14.8 Å². The maximum atomic E-state index is 12.2. The van der Waals surface area contributed by atoms with Crippen molar-refractivity contribution < 1.29 is 13.2 Å². The van der Waals surface area contributed by atoms with Crippen LogP contribution in [0.3, 0.4) is 0 Å². The monoisotopic (exact) mass is 410 g/mol. The summed E-state index contributed by atoms with van der Waals surface area (Å²) in [4.78, 5) is 20.6. The Labute approximate surface area is 170 Å². The first-order valence-corrected chi connectivity index (χ1v) is 10.6. The van der Waals surface area contributed by atoms with Crippen molar-refractivity contribution in [1.29, 1.82) is 0 Å². The minimum absolute atomic E-state index is 0.0281. The zero-order valence-corrected chi connectivity index (χ0v) is 16.8. The summed E-state index contributed by atoms with van der Waals surface area (Å²) in [6.45, 7) is 2.18. The van der Waals surface area contributed by atoms with E-state index in [9.17, 15) is 13.2 Å². The smallest absolute Gasteiger partial charge is 0.240 e. The summed E-state index contributed by atoms with van der Waals surface area (Å²) >= 11 is 0. The molecule has 150 valence electrons. The lowest BCUT2D eigenvalue weighted by atomic mass is 10.1. The van der Waals surface area contributed by atoms with Crippen LogP contribution in [0, 0.1) is 6.92 Å². The number of aryl methyl sites for hydroxylation is 1. The quantitative estimate of drug-likeness (QED) is 0.594. The van der Waals surface area contributed by atoms with Gasteiger partial charge >= 0.3 is 0 Å². The molecule has 2 N–H and O–H groups in total. The Morgan fingerprint density at radius 1 is 1.07 bits per heavy atom. The van der Waals surface area contributed by atoms with Crippen molar-refractivity contribution in [2.45, 2.75) is 24.8 Å². The lowest BCUT2D eigenvalue weighted by Crippen LogP contribution is -2.30. The van der Waals surface area contributed by atoms with Gasteiger partial charge in [0.25, 0.3) is 0 Å². The molecule has 3 rings (SSSR count). The molecular formula is C21H22N4O3S. The number of nitrogens with zero attached hydrogens (tertiary/aromatic N) is 2. The third-order valence-electron chi connectivity index (χ3n) is 4.22. The van der Waals surface area contributed by atoms with Gasteiger partial charge in [-0.05, 0) is 48.4 Å². The average Bonchev–Trinajstić information content (AvgIpc) is 2.73. The zero-order chi connectivity index (χ0) is 20.7. The number of pyridine rings is 2. The highest BCUT2D eigenvalue weighted by atomic mass is 32.2. The minimum Gasteiger partial charge on any atom is -0.352 e. The molecule has 7 nitrogen and oxygen atoms in total. The van der Waals surface area contributed by atoms with E-state index in [0.29, 0.717) is 6.54 Å². The molecule has 0 bridgehead atoms. The van der Waals surface area contributed by atoms with Crippen molar-refractivity contribution in [3.8, 4) is 11.3 Å². The molecule has 3 aromatic rings. The van der Waals surface area contributed by atoms with E-state index in [1.165, 1.54) is 6.07 Å². The molecule has 0 spiro atoms. The van der Waals surface area contributed by atoms with E-state index in [0.717, 1.165) is 22.4 Å². The Morgan fingerprint density at radius 2 is 1.93 bits per heavy atom. The van der Waals surface area contributed by atoms with Gasteiger partial charge in [0.2, 0.25) is 15.9 Å². The van der Waals surface area contributed by atoms with E-state index in [2.05, 4.69) is 20.0 Å². The van der Waals surface area contributed by atoms with Crippen molar-refractivity contribution in [3.05, 3.63) is 78.2 Å². The van der Waals surface area contributed by atoms with Gasteiger partial charge in [-0.1, -0.05) is 18.2 Å². The number of amides is 1. The summed E-state index contributed by atoms with van der Waals surface area (Å²) in [5.74, 6) is -0.242. The number of hydrogen-bond acceptors (Lipinski definition) is 5. The summed E-state index contributed by atoms with van der Waals surface area (Å²) in [5, 5.41) is 2.77. The van der Waals surface area contributed by atoms with Gasteiger partial charge in [-0.15, -0.1) is 0 Å². The number of benzene rings is 1. The Bertz CT molecular complexity index is 1070. The first kappa shape index (κ1) is 20.6. The lowest BCUT2D eigenvalue weighted by molar-refractivity contribution is -0.121. The molecule has 0 aliphatic rings. The van der Waals surface area contributed by atoms with Crippen LogP contribution in [0.5, 0.6) is 0 Å². The van der Waals surface area contributed by atoms with Gasteiger partial charge in [0.05, 0.1) is 10.6 Å². The largest absolute Gasteiger partial charge is 0.352 e. The predicted octanol–water partition coefficient (Wildman–Crippen LogP) is 2.44. The molecule has 29 heavy (non-hydrogen) atoms. The van der Waals surface area contributed by atoms with Crippen molar-refractivity contribution in [2.75, 3.05) is 6.54 Å². The fraction of sp³-hybridized carbons (Fsp3) is 0.190. The summed E-state index contributed by atoms with van der Waals surface area (Å²) in [5.41, 5.74) is 3.43. The Balaban J connectivity index is 1.45. The van der Waals surface area contributed by atoms with Gasteiger partial charge in [-0.2, -0.15) is 0 Å². The van der Waals surface area contributed by atoms with Crippen LogP contribution in [-0.4, -0.2) is 30.8 Å². The molecule has 2 heterocycles. The molecule has 0 aliphatic carbocycles. The van der Waals surface area contributed by atoms with Crippen LogP contribution < -0.4 is 10.0 Å².